The Labute approximate surface area is 162 Å². The minimum absolute atomic E-state index is 0.450. The van der Waals surface area contributed by atoms with Crippen LogP contribution >= 0.6 is 12.2 Å². The van der Waals surface area contributed by atoms with Crippen molar-refractivity contribution in [2.24, 2.45) is 0 Å². The number of rotatable bonds is 5. The fraction of sp³-hybridized carbons (Fsp3) is 0.381. The molecular weight excluding hydrogens is 340 g/mol. The van der Waals surface area contributed by atoms with Crippen molar-refractivity contribution >= 4 is 28.7 Å². The van der Waals surface area contributed by atoms with Gasteiger partial charge in [0.15, 0.2) is 5.11 Å². The third-order valence-electron chi connectivity index (χ3n) is 4.93. The molecule has 5 heteroatoms. The summed E-state index contributed by atoms with van der Waals surface area (Å²) in [5.74, 6) is 0. The molecule has 0 aliphatic carbocycles. The molecule has 3 rings (SSSR count). The van der Waals surface area contributed by atoms with Crippen LogP contribution in [0.3, 0.4) is 0 Å². The molecule has 1 aliphatic heterocycles. The van der Waals surface area contributed by atoms with Gasteiger partial charge in [-0.3, -0.25) is 4.90 Å². The lowest BCUT2D eigenvalue weighted by molar-refractivity contribution is 0.198. The molecule has 1 fully saturated rings. The van der Waals surface area contributed by atoms with E-state index in [0.29, 0.717) is 11.2 Å². The quantitative estimate of drug-likeness (QED) is 0.789. The molecule has 1 aliphatic rings. The third-order valence-corrected chi connectivity index (χ3v) is 5.17. The lowest BCUT2D eigenvalue weighted by Gasteiger charge is -2.39. The number of hydrogen-bond donors (Lipinski definition) is 2. The molecule has 0 bridgehead atoms. The number of thiocarbonyl (C=S) groups is 1. The van der Waals surface area contributed by atoms with E-state index in [2.05, 4.69) is 88.9 Å². The van der Waals surface area contributed by atoms with Crippen LogP contribution < -0.4 is 15.5 Å². The first-order valence-electron chi connectivity index (χ1n) is 9.27. The van der Waals surface area contributed by atoms with Crippen molar-refractivity contribution in [1.82, 2.24) is 10.2 Å². The van der Waals surface area contributed by atoms with Gasteiger partial charge in [-0.1, -0.05) is 35.9 Å². The summed E-state index contributed by atoms with van der Waals surface area (Å²) < 4.78 is 0. The van der Waals surface area contributed by atoms with E-state index in [1.54, 1.807) is 0 Å². The van der Waals surface area contributed by atoms with E-state index in [1.165, 1.54) is 11.3 Å². The molecule has 0 unspecified atom stereocenters. The van der Waals surface area contributed by atoms with Crippen LogP contribution in [-0.4, -0.2) is 48.8 Å². The second-order valence-electron chi connectivity index (χ2n) is 6.91. The first-order valence-corrected chi connectivity index (χ1v) is 9.68. The zero-order valence-electron chi connectivity index (χ0n) is 15.6. The van der Waals surface area contributed by atoms with Crippen LogP contribution in [0.1, 0.15) is 12.5 Å². The van der Waals surface area contributed by atoms with Crippen molar-refractivity contribution in [2.45, 2.75) is 19.9 Å². The van der Waals surface area contributed by atoms with Gasteiger partial charge in [0.25, 0.3) is 0 Å². The molecule has 0 amide bonds. The smallest absolute Gasteiger partial charge is 0.170 e. The maximum Gasteiger partial charge on any atom is 0.170 e. The van der Waals surface area contributed by atoms with Gasteiger partial charge in [0.2, 0.25) is 0 Å². The summed E-state index contributed by atoms with van der Waals surface area (Å²) in [5, 5.41) is 7.28. The minimum Gasteiger partial charge on any atom is -0.369 e. The summed E-state index contributed by atoms with van der Waals surface area (Å²) in [6.45, 7) is 9.49. The summed E-state index contributed by atoms with van der Waals surface area (Å²) in [6, 6.07) is 19.4. The SMILES string of the molecule is Cc1ccc(NC(=S)NC[C@@H](C)N2CCN(c3ccccc3)CC2)cc1. The van der Waals surface area contributed by atoms with Crippen LogP contribution in [0, 0.1) is 6.92 Å². The molecular formula is C21H28N4S. The van der Waals surface area contributed by atoms with Gasteiger partial charge < -0.3 is 15.5 Å². The molecule has 2 aromatic rings. The standard InChI is InChI=1S/C21H28N4S/c1-17-8-10-19(11-9-17)23-21(26)22-16-18(2)24-12-14-25(15-13-24)20-6-4-3-5-7-20/h3-11,18H,12-16H2,1-2H3,(H2,22,23,26)/t18-/m1/s1. The average molecular weight is 369 g/mol. The van der Waals surface area contributed by atoms with Gasteiger partial charge in [-0.15, -0.1) is 0 Å². The summed E-state index contributed by atoms with van der Waals surface area (Å²) >= 11 is 5.42. The second kappa shape index (κ2) is 9.01. The van der Waals surface area contributed by atoms with Crippen molar-refractivity contribution in [1.29, 1.82) is 0 Å². The van der Waals surface area contributed by atoms with Crippen LogP contribution in [0.15, 0.2) is 54.6 Å². The minimum atomic E-state index is 0.450. The van der Waals surface area contributed by atoms with E-state index in [-0.39, 0.29) is 0 Å². The molecule has 26 heavy (non-hydrogen) atoms. The number of benzene rings is 2. The zero-order chi connectivity index (χ0) is 18.4. The average Bonchev–Trinajstić information content (AvgIpc) is 2.69. The predicted octanol–water partition coefficient (Wildman–Crippen LogP) is 3.49. The zero-order valence-corrected chi connectivity index (χ0v) is 16.4. The Morgan fingerprint density at radius 1 is 1.00 bits per heavy atom. The molecule has 1 saturated heterocycles. The van der Waals surface area contributed by atoms with Crippen molar-refractivity contribution in [3.63, 3.8) is 0 Å². The molecule has 138 valence electrons. The van der Waals surface area contributed by atoms with E-state index < -0.39 is 0 Å². The topological polar surface area (TPSA) is 30.5 Å². The van der Waals surface area contributed by atoms with E-state index in [1.807, 2.05) is 0 Å². The maximum absolute atomic E-state index is 5.42. The highest BCUT2D eigenvalue weighted by atomic mass is 32.1. The Hall–Kier alpha value is -2.11. The van der Waals surface area contributed by atoms with E-state index in [0.717, 1.165) is 38.4 Å². The Morgan fingerprint density at radius 2 is 1.65 bits per heavy atom. The summed E-state index contributed by atoms with van der Waals surface area (Å²) in [4.78, 5) is 4.99. The van der Waals surface area contributed by atoms with Crippen LogP contribution in [0.25, 0.3) is 0 Å². The Morgan fingerprint density at radius 3 is 2.31 bits per heavy atom. The van der Waals surface area contributed by atoms with Gasteiger partial charge in [-0.05, 0) is 50.3 Å². The molecule has 0 saturated carbocycles. The highest BCUT2D eigenvalue weighted by molar-refractivity contribution is 7.80. The maximum atomic E-state index is 5.42. The highest BCUT2D eigenvalue weighted by Gasteiger charge is 2.21. The number of hydrogen-bond acceptors (Lipinski definition) is 3. The van der Waals surface area contributed by atoms with Gasteiger partial charge in [0, 0.05) is 50.1 Å². The molecule has 0 aromatic heterocycles. The molecule has 2 aromatic carbocycles. The fourth-order valence-electron chi connectivity index (χ4n) is 3.24. The molecule has 1 heterocycles. The number of nitrogens with zero attached hydrogens (tertiary/aromatic N) is 2. The number of nitrogens with one attached hydrogen (secondary N) is 2. The van der Waals surface area contributed by atoms with E-state index in [9.17, 15) is 0 Å². The highest BCUT2D eigenvalue weighted by Crippen LogP contribution is 2.16. The van der Waals surface area contributed by atoms with Gasteiger partial charge in [-0.25, -0.2) is 0 Å². The van der Waals surface area contributed by atoms with Gasteiger partial charge in [-0.2, -0.15) is 0 Å². The first kappa shape index (κ1) is 18.7. The molecule has 2 N–H and O–H groups in total. The van der Waals surface area contributed by atoms with Gasteiger partial charge in [0.1, 0.15) is 0 Å². The van der Waals surface area contributed by atoms with Crippen molar-refractivity contribution in [3.8, 4) is 0 Å². The predicted molar refractivity (Wildman–Crippen MR) is 115 cm³/mol. The lowest BCUT2D eigenvalue weighted by Crippen LogP contribution is -2.52. The monoisotopic (exact) mass is 368 g/mol. The van der Waals surface area contributed by atoms with Crippen molar-refractivity contribution in [2.75, 3.05) is 42.9 Å². The lowest BCUT2D eigenvalue weighted by atomic mass is 10.2. The molecule has 0 radical (unpaired) electrons. The van der Waals surface area contributed by atoms with Gasteiger partial charge in [0.05, 0.1) is 0 Å². The largest absolute Gasteiger partial charge is 0.369 e. The fourth-order valence-corrected chi connectivity index (χ4v) is 3.44. The van der Waals surface area contributed by atoms with Crippen molar-refractivity contribution < 1.29 is 0 Å². The van der Waals surface area contributed by atoms with Crippen molar-refractivity contribution in [3.05, 3.63) is 60.2 Å². The third kappa shape index (κ3) is 5.19. The molecule has 0 spiro atoms. The van der Waals surface area contributed by atoms with Crippen LogP contribution in [0.4, 0.5) is 11.4 Å². The molecule has 4 nitrogen and oxygen atoms in total. The summed E-state index contributed by atoms with van der Waals surface area (Å²) in [7, 11) is 0. The number of para-hydroxylation sites is 1. The van der Waals surface area contributed by atoms with E-state index >= 15 is 0 Å². The number of piperazine rings is 1. The van der Waals surface area contributed by atoms with E-state index in [4.69, 9.17) is 12.2 Å². The normalized spacial score (nSPS) is 16.2. The molecule has 1 atom stereocenters. The summed E-state index contributed by atoms with van der Waals surface area (Å²) in [6.07, 6.45) is 0. The Balaban J connectivity index is 1.40. The number of anilines is 2. The van der Waals surface area contributed by atoms with Crippen LogP contribution in [-0.2, 0) is 0 Å². The Kier molecular flexibility index (Phi) is 6.47. The number of aryl methyl sites for hydroxylation is 1. The Bertz CT molecular complexity index is 694. The van der Waals surface area contributed by atoms with Crippen LogP contribution in [0.5, 0.6) is 0 Å². The van der Waals surface area contributed by atoms with Gasteiger partial charge >= 0.3 is 0 Å². The summed E-state index contributed by atoms with van der Waals surface area (Å²) in [5.41, 5.74) is 3.59. The first-order chi connectivity index (χ1) is 12.6. The van der Waals surface area contributed by atoms with Crippen LogP contribution in [0.2, 0.25) is 0 Å². The second-order valence-corrected chi connectivity index (χ2v) is 7.32.